The first kappa shape index (κ1) is 25.4. The Morgan fingerprint density at radius 2 is 1.89 bits per heavy atom. The van der Waals surface area contributed by atoms with E-state index in [1.165, 1.54) is 4.88 Å². The molecule has 0 fully saturated rings. The standard InChI is InChI=1S/C28H32N4O3S/c1-4-21(5-2)32-25-12-11-20(15-24(25)31-26(32)16-23-10-7-13-36-23)28(34)30-18-27(33)29-17-19-8-6-9-22(14-19)35-3/h6-15,21H,4-5,16-18H2,1-3H3,(H,29,33)(H,30,34). The largest absolute Gasteiger partial charge is 0.497 e. The van der Waals surface area contributed by atoms with Crippen LogP contribution < -0.4 is 15.4 Å². The zero-order valence-electron chi connectivity index (χ0n) is 20.9. The summed E-state index contributed by atoms with van der Waals surface area (Å²) in [6, 6.07) is 17.6. The minimum absolute atomic E-state index is 0.105. The number of benzene rings is 2. The molecule has 0 unspecified atom stereocenters. The van der Waals surface area contributed by atoms with E-state index in [1.54, 1.807) is 24.5 Å². The molecule has 4 rings (SSSR count). The highest BCUT2D eigenvalue weighted by Gasteiger charge is 2.19. The monoisotopic (exact) mass is 504 g/mol. The van der Waals surface area contributed by atoms with Crippen LogP contribution in [0.5, 0.6) is 5.75 Å². The van der Waals surface area contributed by atoms with Crippen LogP contribution in [0, 0.1) is 0 Å². The number of imidazole rings is 1. The maximum atomic E-state index is 12.8. The van der Waals surface area contributed by atoms with Crippen molar-refractivity contribution in [1.29, 1.82) is 0 Å². The van der Waals surface area contributed by atoms with Crippen LogP contribution in [0.1, 0.15) is 59.4 Å². The number of hydrogen-bond donors (Lipinski definition) is 2. The SMILES string of the molecule is CCC(CC)n1c(Cc2cccs2)nc2cc(C(=O)NCC(=O)NCc3cccc(OC)c3)ccc21. The lowest BCUT2D eigenvalue weighted by atomic mass is 10.1. The minimum atomic E-state index is -0.301. The van der Waals surface area contributed by atoms with Crippen LogP contribution in [0.4, 0.5) is 0 Å². The molecule has 2 aromatic heterocycles. The number of nitrogens with zero attached hydrogens (tertiary/aromatic N) is 2. The molecule has 0 spiro atoms. The average molecular weight is 505 g/mol. The van der Waals surface area contributed by atoms with Crippen molar-refractivity contribution in [3.63, 3.8) is 0 Å². The second-order valence-electron chi connectivity index (χ2n) is 8.64. The zero-order valence-corrected chi connectivity index (χ0v) is 21.7. The van der Waals surface area contributed by atoms with Gasteiger partial charge in [-0.2, -0.15) is 0 Å². The zero-order chi connectivity index (χ0) is 25.5. The molecule has 0 atom stereocenters. The van der Waals surface area contributed by atoms with Crippen molar-refractivity contribution < 1.29 is 14.3 Å². The maximum absolute atomic E-state index is 12.8. The normalized spacial score (nSPS) is 11.1. The molecular weight excluding hydrogens is 472 g/mol. The van der Waals surface area contributed by atoms with Crippen LogP contribution in [0.25, 0.3) is 11.0 Å². The molecule has 4 aromatic rings. The molecule has 0 radical (unpaired) electrons. The van der Waals surface area contributed by atoms with E-state index in [2.05, 4.69) is 46.6 Å². The van der Waals surface area contributed by atoms with Crippen molar-refractivity contribution >= 4 is 34.2 Å². The summed E-state index contributed by atoms with van der Waals surface area (Å²) in [4.78, 5) is 31.3. The predicted octanol–water partition coefficient (Wildman–Crippen LogP) is 5.10. The lowest BCUT2D eigenvalue weighted by molar-refractivity contribution is -0.120. The fourth-order valence-electron chi connectivity index (χ4n) is 4.35. The van der Waals surface area contributed by atoms with Crippen LogP contribution in [-0.2, 0) is 17.8 Å². The Hall–Kier alpha value is -3.65. The van der Waals surface area contributed by atoms with Crippen molar-refractivity contribution in [3.05, 3.63) is 81.8 Å². The van der Waals surface area contributed by atoms with Gasteiger partial charge in [0.25, 0.3) is 5.91 Å². The number of carbonyl (C=O) groups excluding carboxylic acids is 2. The predicted molar refractivity (Wildman–Crippen MR) is 144 cm³/mol. The van der Waals surface area contributed by atoms with Crippen molar-refractivity contribution in [2.45, 2.75) is 45.7 Å². The molecule has 0 aliphatic carbocycles. The van der Waals surface area contributed by atoms with Gasteiger partial charge in [-0.1, -0.05) is 32.0 Å². The highest BCUT2D eigenvalue weighted by Crippen LogP contribution is 2.28. The first-order chi connectivity index (χ1) is 17.5. The fourth-order valence-corrected chi connectivity index (χ4v) is 5.05. The van der Waals surface area contributed by atoms with Gasteiger partial charge >= 0.3 is 0 Å². The van der Waals surface area contributed by atoms with Gasteiger partial charge in [0.1, 0.15) is 11.6 Å². The number of methoxy groups -OCH3 is 1. The van der Waals surface area contributed by atoms with E-state index in [0.717, 1.165) is 47.4 Å². The van der Waals surface area contributed by atoms with Gasteiger partial charge in [0, 0.05) is 29.4 Å². The van der Waals surface area contributed by atoms with E-state index < -0.39 is 0 Å². The third-order valence-corrected chi connectivity index (χ3v) is 7.15. The van der Waals surface area contributed by atoms with E-state index in [4.69, 9.17) is 9.72 Å². The molecule has 0 aliphatic rings. The Morgan fingerprint density at radius 1 is 1.06 bits per heavy atom. The molecule has 2 amide bonds. The second kappa shape index (κ2) is 11.9. The Kier molecular flexibility index (Phi) is 8.38. The minimum Gasteiger partial charge on any atom is -0.497 e. The van der Waals surface area contributed by atoms with Gasteiger partial charge in [-0.05, 0) is 60.2 Å². The summed E-state index contributed by atoms with van der Waals surface area (Å²) in [5, 5.41) is 7.61. The second-order valence-corrected chi connectivity index (χ2v) is 9.67. The highest BCUT2D eigenvalue weighted by atomic mass is 32.1. The summed E-state index contributed by atoms with van der Waals surface area (Å²) in [7, 11) is 1.60. The van der Waals surface area contributed by atoms with Gasteiger partial charge in [-0.25, -0.2) is 4.98 Å². The van der Waals surface area contributed by atoms with Gasteiger partial charge < -0.3 is 19.9 Å². The Balaban J connectivity index is 1.44. The molecule has 2 aromatic carbocycles. The maximum Gasteiger partial charge on any atom is 0.251 e. The van der Waals surface area contributed by atoms with Crippen molar-refractivity contribution in [2.75, 3.05) is 13.7 Å². The molecule has 0 aliphatic heterocycles. The number of fused-ring (bicyclic) bond motifs is 1. The van der Waals surface area contributed by atoms with Crippen LogP contribution in [-0.4, -0.2) is 35.0 Å². The first-order valence-electron chi connectivity index (χ1n) is 12.2. The van der Waals surface area contributed by atoms with Crippen molar-refractivity contribution in [2.24, 2.45) is 0 Å². The quantitative estimate of drug-likeness (QED) is 0.297. The summed E-state index contributed by atoms with van der Waals surface area (Å²) in [5.74, 6) is 1.18. The smallest absolute Gasteiger partial charge is 0.251 e. The van der Waals surface area contributed by atoms with Gasteiger partial charge in [0.15, 0.2) is 0 Å². The van der Waals surface area contributed by atoms with E-state index in [0.29, 0.717) is 18.2 Å². The molecule has 36 heavy (non-hydrogen) atoms. The van der Waals surface area contributed by atoms with E-state index in [9.17, 15) is 9.59 Å². The Bertz CT molecular complexity index is 1330. The number of ether oxygens (including phenoxy) is 1. The van der Waals surface area contributed by atoms with E-state index in [-0.39, 0.29) is 18.4 Å². The van der Waals surface area contributed by atoms with Gasteiger partial charge in [-0.3, -0.25) is 9.59 Å². The average Bonchev–Trinajstić information content (AvgIpc) is 3.54. The summed E-state index contributed by atoms with van der Waals surface area (Å²) >= 11 is 1.72. The third kappa shape index (κ3) is 5.94. The lowest BCUT2D eigenvalue weighted by Crippen LogP contribution is -2.36. The number of thiophene rings is 1. The Labute approximate surface area is 215 Å². The lowest BCUT2D eigenvalue weighted by Gasteiger charge is -2.18. The fraction of sp³-hybridized carbons (Fsp3) is 0.321. The van der Waals surface area contributed by atoms with Gasteiger partial charge in [-0.15, -0.1) is 11.3 Å². The molecule has 7 nitrogen and oxygen atoms in total. The molecular formula is C28H32N4O3S. The first-order valence-corrected chi connectivity index (χ1v) is 13.1. The van der Waals surface area contributed by atoms with E-state index in [1.807, 2.05) is 36.4 Å². The molecule has 8 heteroatoms. The number of carbonyl (C=O) groups is 2. The molecule has 0 saturated heterocycles. The summed E-state index contributed by atoms with van der Waals surface area (Å²) in [6.07, 6.45) is 2.77. The summed E-state index contributed by atoms with van der Waals surface area (Å²) < 4.78 is 7.53. The van der Waals surface area contributed by atoms with Crippen LogP contribution >= 0.6 is 11.3 Å². The number of nitrogens with one attached hydrogen (secondary N) is 2. The van der Waals surface area contributed by atoms with Crippen molar-refractivity contribution in [1.82, 2.24) is 20.2 Å². The topological polar surface area (TPSA) is 85.2 Å². The number of aromatic nitrogens is 2. The summed E-state index contributed by atoms with van der Waals surface area (Å²) in [5.41, 5.74) is 3.23. The highest BCUT2D eigenvalue weighted by molar-refractivity contribution is 7.09. The van der Waals surface area contributed by atoms with Crippen LogP contribution in [0.15, 0.2) is 60.0 Å². The Morgan fingerprint density at radius 3 is 2.61 bits per heavy atom. The third-order valence-electron chi connectivity index (χ3n) is 6.28. The molecule has 0 saturated carbocycles. The summed E-state index contributed by atoms with van der Waals surface area (Å²) in [6.45, 7) is 4.64. The van der Waals surface area contributed by atoms with Crippen LogP contribution in [0.2, 0.25) is 0 Å². The van der Waals surface area contributed by atoms with E-state index >= 15 is 0 Å². The number of amides is 2. The molecule has 2 N–H and O–H groups in total. The number of rotatable bonds is 11. The molecule has 2 heterocycles. The number of hydrogen-bond acceptors (Lipinski definition) is 5. The molecule has 0 bridgehead atoms. The van der Waals surface area contributed by atoms with Crippen LogP contribution in [0.3, 0.4) is 0 Å². The van der Waals surface area contributed by atoms with Gasteiger partial charge in [0.05, 0.1) is 24.7 Å². The van der Waals surface area contributed by atoms with Gasteiger partial charge in [0.2, 0.25) is 5.91 Å². The van der Waals surface area contributed by atoms with Crippen molar-refractivity contribution in [3.8, 4) is 5.75 Å². The molecule has 188 valence electrons.